The fourth-order valence-corrected chi connectivity index (χ4v) is 2.39. The van der Waals surface area contributed by atoms with Crippen LogP contribution in [0.5, 0.6) is 0 Å². The first-order chi connectivity index (χ1) is 9.71. The molecule has 0 N–H and O–H groups in total. The van der Waals surface area contributed by atoms with Crippen molar-refractivity contribution in [2.75, 3.05) is 0 Å². The van der Waals surface area contributed by atoms with Gasteiger partial charge in [0.25, 0.3) is 0 Å². The van der Waals surface area contributed by atoms with E-state index in [4.69, 9.17) is 0 Å². The molecule has 0 aliphatic heterocycles. The molecule has 1 atom stereocenters. The molecule has 0 bridgehead atoms. The predicted molar refractivity (Wildman–Crippen MR) is 99.3 cm³/mol. The van der Waals surface area contributed by atoms with Gasteiger partial charge in [-0.25, -0.2) is 0 Å². The first-order valence-electron chi connectivity index (χ1n) is 7.83. The van der Waals surface area contributed by atoms with Crippen molar-refractivity contribution < 1.29 is 4.55 Å². The van der Waals surface area contributed by atoms with E-state index in [1.807, 2.05) is 20.8 Å². The van der Waals surface area contributed by atoms with Crippen LogP contribution in [0.4, 0.5) is 0 Å². The van der Waals surface area contributed by atoms with Crippen LogP contribution in [0, 0.1) is 0 Å². The fraction of sp³-hybridized carbons (Fsp3) is 0.632. The maximum absolute atomic E-state index is 12.1. The molecule has 0 aromatic heterocycles. The molecular formula is C19H31NOS. The summed E-state index contributed by atoms with van der Waals surface area (Å²) in [5, 5.41) is 0. The van der Waals surface area contributed by atoms with Crippen molar-refractivity contribution in [3.05, 3.63) is 34.9 Å². The van der Waals surface area contributed by atoms with Crippen molar-refractivity contribution in [1.29, 1.82) is 0 Å². The highest BCUT2D eigenvalue weighted by Crippen LogP contribution is 2.30. The molecule has 0 aliphatic carbocycles. The summed E-state index contributed by atoms with van der Waals surface area (Å²) in [6, 6.07) is 6.58. The smallest absolute Gasteiger partial charge is 0.144 e. The van der Waals surface area contributed by atoms with Gasteiger partial charge in [-0.2, -0.15) is 0 Å². The second-order valence-corrected chi connectivity index (χ2v) is 10.9. The SMILES string of the molecule is CC(C)(C)c1cc(/C=N/[S+]([O-])C(C)(C)C)cc(C(C)(C)C)c1. The van der Waals surface area contributed by atoms with Crippen LogP contribution in [0.3, 0.4) is 0 Å². The Bertz CT molecular complexity index is 510. The third-order valence-corrected chi connectivity index (χ3v) is 4.85. The molecular weight excluding hydrogens is 290 g/mol. The molecule has 1 aromatic carbocycles. The lowest BCUT2D eigenvalue weighted by molar-refractivity contribution is 0.562. The van der Waals surface area contributed by atoms with Gasteiger partial charge >= 0.3 is 0 Å². The molecule has 22 heavy (non-hydrogen) atoms. The monoisotopic (exact) mass is 321 g/mol. The largest absolute Gasteiger partial charge is 0.591 e. The molecule has 2 nitrogen and oxygen atoms in total. The van der Waals surface area contributed by atoms with Crippen LogP contribution < -0.4 is 0 Å². The summed E-state index contributed by atoms with van der Waals surface area (Å²) in [5.41, 5.74) is 3.74. The number of nitrogens with zero attached hydrogens (tertiary/aromatic N) is 1. The zero-order valence-electron chi connectivity index (χ0n) is 15.6. The second-order valence-electron chi connectivity index (χ2n) is 8.94. The molecule has 0 heterocycles. The second kappa shape index (κ2) is 6.37. The Balaban J connectivity index is 3.28. The van der Waals surface area contributed by atoms with Crippen LogP contribution >= 0.6 is 0 Å². The van der Waals surface area contributed by atoms with E-state index in [1.54, 1.807) is 6.21 Å². The highest BCUT2D eigenvalue weighted by molar-refractivity contribution is 7.91. The van der Waals surface area contributed by atoms with E-state index in [-0.39, 0.29) is 15.6 Å². The van der Waals surface area contributed by atoms with Gasteiger partial charge in [-0.05, 0) is 60.4 Å². The van der Waals surface area contributed by atoms with Crippen molar-refractivity contribution in [2.45, 2.75) is 77.9 Å². The molecule has 0 fully saturated rings. The Morgan fingerprint density at radius 1 is 0.818 bits per heavy atom. The fourth-order valence-electron chi connectivity index (χ4n) is 1.86. The molecule has 0 spiro atoms. The van der Waals surface area contributed by atoms with Gasteiger partial charge in [0.2, 0.25) is 0 Å². The van der Waals surface area contributed by atoms with Crippen LogP contribution in [-0.2, 0) is 22.2 Å². The van der Waals surface area contributed by atoms with Crippen molar-refractivity contribution >= 4 is 17.6 Å². The first kappa shape index (κ1) is 19.2. The quantitative estimate of drug-likeness (QED) is 0.547. The zero-order valence-corrected chi connectivity index (χ0v) is 16.4. The third-order valence-electron chi connectivity index (χ3n) is 3.51. The number of rotatable bonds is 2. The summed E-state index contributed by atoms with van der Waals surface area (Å²) in [6.07, 6.45) is 1.76. The van der Waals surface area contributed by atoms with Gasteiger partial charge in [0.05, 0.1) is 6.21 Å². The summed E-state index contributed by atoms with van der Waals surface area (Å²) in [7, 11) is 0. The van der Waals surface area contributed by atoms with Crippen LogP contribution in [0.2, 0.25) is 0 Å². The Morgan fingerprint density at radius 2 is 1.23 bits per heavy atom. The normalized spacial score (nSPS) is 15.4. The highest BCUT2D eigenvalue weighted by Gasteiger charge is 2.26. The van der Waals surface area contributed by atoms with Crippen molar-refractivity contribution in [2.24, 2.45) is 4.40 Å². The lowest BCUT2D eigenvalue weighted by Gasteiger charge is -2.25. The summed E-state index contributed by atoms with van der Waals surface area (Å²) in [6.45, 7) is 19.1. The van der Waals surface area contributed by atoms with Gasteiger partial charge in [-0.3, -0.25) is 0 Å². The van der Waals surface area contributed by atoms with Crippen molar-refractivity contribution in [1.82, 2.24) is 0 Å². The van der Waals surface area contributed by atoms with Crippen molar-refractivity contribution in [3.8, 4) is 0 Å². The Kier molecular flexibility index (Phi) is 5.57. The Morgan fingerprint density at radius 3 is 1.55 bits per heavy atom. The van der Waals surface area contributed by atoms with Crippen molar-refractivity contribution in [3.63, 3.8) is 0 Å². The molecule has 0 amide bonds. The van der Waals surface area contributed by atoms with Gasteiger partial charge in [-0.1, -0.05) is 52.0 Å². The van der Waals surface area contributed by atoms with Gasteiger partial charge in [0, 0.05) is 0 Å². The molecule has 124 valence electrons. The molecule has 0 radical (unpaired) electrons. The summed E-state index contributed by atoms with van der Waals surface area (Å²) in [4.78, 5) is 0. The third kappa shape index (κ3) is 5.44. The molecule has 3 heteroatoms. The number of hydrogen-bond acceptors (Lipinski definition) is 2. The molecule has 1 rings (SSSR count). The number of hydrogen-bond donors (Lipinski definition) is 0. The molecule has 1 unspecified atom stereocenters. The van der Waals surface area contributed by atoms with E-state index in [0.717, 1.165) is 5.56 Å². The van der Waals surface area contributed by atoms with Crippen LogP contribution in [-0.4, -0.2) is 15.5 Å². The molecule has 0 aliphatic rings. The van der Waals surface area contributed by atoms with E-state index in [1.165, 1.54) is 11.1 Å². The van der Waals surface area contributed by atoms with Gasteiger partial charge < -0.3 is 4.55 Å². The van der Waals surface area contributed by atoms with E-state index in [2.05, 4.69) is 64.1 Å². The topological polar surface area (TPSA) is 35.4 Å². The molecule has 0 saturated carbocycles. The summed E-state index contributed by atoms with van der Waals surface area (Å²) in [5.74, 6) is 0. The first-order valence-corrected chi connectivity index (χ1v) is 8.94. The lowest BCUT2D eigenvalue weighted by Crippen LogP contribution is -2.25. The average molecular weight is 322 g/mol. The maximum Gasteiger partial charge on any atom is 0.144 e. The van der Waals surface area contributed by atoms with Gasteiger partial charge in [0.15, 0.2) is 0 Å². The average Bonchev–Trinajstić information content (AvgIpc) is 2.32. The minimum absolute atomic E-state index is 0.0764. The Labute approximate surface area is 139 Å². The van der Waals surface area contributed by atoms with Gasteiger partial charge in [0.1, 0.15) is 16.1 Å². The minimum Gasteiger partial charge on any atom is -0.591 e. The van der Waals surface area contributed by atoms with Crippen LogP contribution in [0.25, 0.3) is 0 Å². The van der Waals surface area contributed by atoms with E-state index < -0.39 is 11.4 Å². The number of benzene rings is 1. The van der Waals surface area contributed by atoms with Crippen LogP contribution in [0.15, 0.2) is 22.6 Å². The van der Waals surface area contributed by atoms with Crippen LogP contribution in [0.1, 0.15) is 79.0 Å². The lowest BCUT2D eigenvalue weighted by atomic mass is 9.80. The minimum atomic E-state index is -1.22. The highest BCUT2D eigenvalue weighted by atomic mass is 32.2. The molecule has 0 saturated heterocycles. The van der Waals surface area contributed by atoms with E-state index >= 15 is 0 Å². The Hall–Kier alpha value is -0.800. The van der Waals surface area contributed by atoms with E-state index in [0.29, 0.717) is 0 Å². The summed E-state index contributed by atoms with van der Waals surface area (Å²) < 4.78 is 16.0. The van der Waals surface area contributed by atoms with E-state index in [9.17, 15) is 4.55 Å². The zero-order chi connectivity index (χ0) is 17.3. The predicted octanol–water partition coefficient (Wildman–Crippen LogP) is 5.16. The summed E-state index contributed by atoms with van der Waals surface area (Å²) >= 11 is -1.22. The van der Waals surface area contributed by atoms with Gasteiger partial charge in [-0.15, -0.1) is 0 Å². The molecule has 1 aromatic rings. The standard InChI is InChI=1S/C19H31NOS/c1-17(2,3)15-10-14(11-16(12-15)18(4,5)6)13-20-22(21)19(7,8)9/h10-13H,1-9H3/b20-13+. The maximum atomic E-state index is 12.1.